The van der Waals surface area contributed by atoms with Crippen LogP contribution in [-0.4, -0.2) is 19.8 Å². The largest absolute Gasteiger partial charge is 0.460 e. The molecule has 0 aliphatic heterocycles. The lowest BCUT2D eigenvalue weighted by atomic mass is 10.2. The Morgan fingerprint density at radius 3 is 2.82 bits per heavy atom. The molecule has 1 N–H and O–H groups in total. The highest BCUT2D eigenvalue weighted by atomic mass is 35.5. The molecule has 22 heavy (non-hydrogen) atoms. The summed E-state index contributed by atoms with van der Waals surface area (Å²) in [4.78, 5) is 0. The van der Waals surface area contributed by atoms with Crippen molar-refractivity contribution in [2.24, 2.45) is 0 Å². The molecule has 1 heterocycles. The van der Waals surface area contributed by atoms with Crippen LogP contribution in [0.2, 0.25) is 5.02 Å². The second-order valence-electron chi connectivity index (χ2n) is 5.27. The van der Waals surface area contributed by atoms with Crippen molar-refractivity contribution >= 4 is 11.6 Å². The number of furan rings is 1. The Hall–Kier alpha value is -1.29. The average Bonchev–Trinajstić information content (AvgIpc) is 2.99. The third kappa shape index (κ3) is 5.84. The maximum Gasteiger partial charge on any atom is 0.134 e. The van der Waals surface area contributed by atoms with E-state index in [2.05, 4.69) is 12.2 Å². The fourth-order valence-electron chi connectivity index (χ4n) is 2.13. The van der Waals surface area contributed by atoms with Gasteiger partial charge in [-0.1, -0.05) is 37.1 Å². The summed E-state index contributed by atoms with van der Waals surface area (Å²) < 4.78 is 11.4. The van der Waals surface area contributed by atoms with E-state index in [1.807, 2.05) is 36.4 Å². The van der Waals surface area contributed by atoms with Gasteiger partial charge < -0.3 is 14.5 Å². The molecule has 0 saturated heterocycles. The summed E-state index contributed by atoms with van der Waals surface area (Å²) in [5, 5.41) is 4.09. The Bertz CT molecular complexity index is 554. The van der Waals surface area contributed by atoms with Gasteiger partial charge in [0.1, 0.15) is 11.5 Å². The van der Waals surface area contributed by atoms with Crippen molar-refractivity contribution in [3.63, 3.8) is 0 Å². The Morgan fingerprint density at radius 2 is 2.00 bits per heavy atom. The first-order valence-electron chi connectivity index (χ1n) is 7.92. The van der Waals surface area contributed by atoms with Gasteiger partial charge in [-0.15, -0.1) is 0 Å². The molecule has 0 radical (unpaired) electrons. The summed E-state index contributed by atoms with van der Waals surface area (Å²) in [6.45, 7) is 5.53. The van der Waals surface area contributed by atoms with Gasteiger partial charge in [0.05, 0.1) is 6.54 Å². The Morgan fingerprint density at radius 1 is 1.14 bits per heavy atom. The van der Waals surface area contributed by atoms with Crippen LogP contribution in [0.25, 0.3) is 11.3 Å². The lowest BCUT2D eigenvalue weighted by molar-refractivity contribution is 0.128. The molecular formula is C18H24ClNO2. The molecule has 120 valence electrons. The lowest BCUT2D eigenvalue weighted by Gasteiger charge is -2.04. The number of nitrogens with one attached hydrogen (secondary N) is 1. The predicted molar refractivity (Wildman–Crippen MR) is 91.2 cm³/mol. The van der Waals surface area contributed by atoms with Crippen molar-refractivity contribution < 1.29 is 9.15 Å². The van der Waals surface area contributed by atoms with Crippen molar-refractivity contribution in [1.29, 1.82) is 0 Å². The molecule has 0 unspecified atom stereocenters. The lowest BCUT2D eigenvalue weighted by Crippen LogP contribution is -2.16. The fourth-order valence-corrected chi connectivity index (χ4v) is 2.32. The molecule has 3 nitrogen and oxygen atoms in total. The zero-order valence-electron chi connectivity index (χ0n) is 13.1. The molecule has 0 saturated carbocycles. The number of benzene rings is 1. The minimum absolute atomic E-state index is 0.719. The van der Waals surface area contributed by atoms with E-state index in [1.165, 1.54) is 6.42 Å². The zero-order valence-corrected chi connectivity index (χ0v) is 13.9. The number of halogens is 1. The normalized spacial score (nSPS) is 11.0. The van der Waals surface area contributed by atoms with Crippen molar-refractivity contribution in [3.8, 4) is 11.3 Å². The maximum absolute atomic E-state index is 6.00. The standard InChI is InChI=1S/C18H24ClNO2/c1-2-3-11-21-12-5-10-20-14-17-8-9-18(22-17)15-6-4-7-16(19)13-15/h4,6-9,13,20H,2-3,5,10-12,14H2,1H3. The quantitative estimate of drug-likeness (QED) is 0.632. The van der Waals surface area contributed by atoms with E-state index >= 15 is 0 Å². The van der Waals surface area contributed by atoms with Gasteiger partial charge in [-0.2, -0.15) is 0 Å². The highest BCUT2D eigenvalue weighted by molar-refractivity contribution is 6.30. The van der Waals surface area contributed by atoms with Crippen LogP contribution in [0, 0.1) is 0 Å². The molecule has 0 spiro atoms. The second kappa shape index (κ2) is 9.67. The summed E-state index contributed by atoms with van der Waals surface area (Å²) in [5.41, 5.74) is 1.00. The molecule has 0 bridgehead atoms. The minimum Gasteiger partial charge on any atom is -0.460 e. The number of hydrogen-bond acceptors (Lipinski definition) is 3. The van der Waals surface area contributed by atoms with Crippen molar-refractivity contribution in [2.75, 3.05) is 19.8 Å². The van der Waals surface area contributed by atoms with E-state index in [-0.39, 0.29) is 0 Å². The van der Waals surface area contributed by atoms with Crippen LogP contribution in [0.15, 0.2) is 40.8 Å². The molecular weight excluding hydrogens is 298 g/mol. The number of hydrogen-bond donors (Lipinski definition) is 1. The first-order valence-corrected chi connectivity index (χ1v) is 8.30. The van der Waals surface area contributed by atoms with E-state index in [0.717, 1.165) is 61.3 Å². The molecule has 2 rings (SSSR count). The predicted octanol–water partition coefficient (Wildman–Crippen LogP) is 4.90. The van der Waals surface area contributed by atoms with Gasteiger partial charge in [-0.3, -0.25) is 0 Å². The summed E-state index contributed by atoms with van der Waals surface area (Å²) in [5.74, 6) is 1.78. The monoisotopic (exact) mass is 321 g/mol. The minimum atomic E-state index is 0.719. The maximum atomic E-state index is 6.00. The SMILES string of the molecule is CCCCOCCCNCc1ccc(-c2cccc(Cl)c2)o1. The van der Waals surface area contributed by atoms with Crippen LogP contribution >= 0.6 is 11.6 Å². The molecule has 4 heteroatoms. The van der Waals surface area contributed by atoms with Crippen LogP contribution < -0.4 is 5.32 Å². The smallest absolute Gasteiger partial charge is 0.134 e. The third-order valence-corrected chi connectivity index (χ3v) is 3.59. The molecule has 0 aliphatic carbocycles. The van der Waals surface area contributed by atoms with Gasteiger partial charge in [0.15, 0.2) is 0 Å². The van der Waals surface area contributed by atoms with Gasteiger partial charge in [-0.05, 0) is 43.7 Å². The number of ether oxygens (including phenoxy) is 1. The van der Waals surface area contributed by atoms with Crippen molar-refractivity contribution in [1.82, 2.24) is 5.32 Å². The molecule has 1 aromatic heterocycles. The van der Waals surface area contributed by atoms with E-state index in [1.54, 1.807) is 0 Å². The Labute approximate surface area is 137 Å². The Kier molecular flexibility index (Phi) is 7.50. The van der Waals surface area contributed by atoms with Gasteiger partial charge in [0.2, 0.25) is 0 Å². The zero-order chi connectivity index (χ0) is 15.6. The Balaban J connectivity index is 1.67. The van der Waals surface area contributed by atoms with E-state index in [9.17, 15) is 0 Å². The first-order chi connectivity index (χ1) is 10.8. The van der Waals surface area contributed by atoms with Gasteiger partial charge >= 0.3 is 0 Å². The van der Waals surface area contributed by atoms with Crippen LogP contribution in [0.5, 0.6) is 0 Å². The van der Waals surface area contributed by atoms with Crippen molar-refractivity contribution in [2.45, 2.75) is 32.7 Å². The van der Waals surface area contributed by atoms with E-state index < -0.39 is 0 Å². The van der Waals surface area contributed by atoms with Crippen LogP contribution in [0.3, 0.4) is 0 Å². The number of rotatable bonds is 10. The van der Waals surface area contributed by atoms with Crippen LogP contribution in [0.1, 0.15) is 31.9 Å². The summed E-state index contributed by atoms with van der Waals surface area (Å²) in [6.07, 6.45) is 3.35. The van der Waals surface area contributed by atoms with Crippen LogP contribution in [0.4, 0.5) is 0 Å². The summed E-state index contributed by atoms with van der Waals surface area (Å²) in [7, 11) is 0. The van der Waals surface area contributed by atoms with Gasteiger partial charge in [-0.25, -0.2) is 0 Å². The molecule has 0 fully saturated rings. The van der Waals surface area contributed by atoms with Gasteiger partial charge in [0.25, 0.3) is 0 Å². The summed E-state index contributed by atoms with van der Waals surface area (Å²) >= 11 is 6.00. The third-order valence-electron chi connectivity index (χ3n) is 3.35. The van der Waals surface area contributed by atoms with Gasteiger partial charge in [0, 0.05) is 23.8 Å². The molecule has 0 amide bonds. The summed E-state index contributed by atoms with van der Waals surface area (Å²) in [6, 6.07) is 11.7. The highest BCUT2D eigenvalue weighted by Gasteiger charge is 2.05. The topological polar surface area (TPSA) is 34.4 Å². The van der Waals surface area contributed by atoms with E-state index in [0.29, 0.717) is 0 Å². The van der Waals surface area contributed by atoms with Crippen LogP contribution in [-0.2, 0) is 11.3 Å². The van der Waals surface area contributed by atoms with Crippen molar-refractivity contribution in [3.05, 3.63) is 47.2 Å². The first kappa shape index (κ1) is 17.1. The molecule has 0 aliphatic rings. The fraction of sp³-hybridized carbons (Fsp3) is 0.444. The number of unbranched alkanes of at least 4 members (excludes halogenated alkanes) is 1. The molecule has 0 atom stereocenters. The average molecular weight is 322 g/mol. The molecule has 1 aromatic carbocycles. The highest BCUT2D eigenvalue weighted by Crippen LogP contribution is 2.24. The molecule has 2 aromatic rings. The second-order valence-corrected chi connectivity index (χ2v) is 5.71. The van der Waals surface area contributed by atoms with E-state index in [4.69, 9.17) is 20.8 Å².